The maximum absolute atomic E-state index is 13.8. The van der Waals surface area contributed by atoms with Crippen molar-refractivity contribution in [1.82, 2.24) is 9.78 Å². The number of hydrogen-bond acceptors (Lipinski definition) is 2. The summed E-state index contributed by atoms with van der Waals surface area (Å²) < 4.78 is 16.1. The number of aromatic carboxylic acids is 1. The summed E-state index contributed by atoms with van der Waals surface area (Å²) in [4.78, 5) is 14.6. The Balaban J connectivity index is 2.13. The number of halogens is 2. The Kier molecular flexibility index (Phi) is 4.31. The molecule has 0 unspecified atom stereocenters. The Morgan fingerprint density at radius 1 is 1.21 bits per heavy atom. The van der Waals surface area contributed by atoms with E-state index in [1.54, 1.807) is 18.2 Å². The number of carboxylic acid groups (broad SMARTS) is 1. The zero-order valence-electron chi connectivity index (χ0n) is 12.1. The van der Waals surface area contributed by atoms with Crippen LogP contribution in [-0.2, 0) is 0 Å². The van der Waals surface area contributed by atoms with E-state index in [-0.39, 0.29) is 11.4 Å². The van der Waals surface area contributed by atoms with E-state index in [2.05, 4.69) is 32.5 Å². The summed E-state index contributed by atoms with van der Waals surface area (Å²) >= 11 is 2.15. The normalized spacial score (nSPS) is 10.4. The molecule has 2 aromatic carbocycles. The molecule has 1 N–H and O–H groups in total. The molecule has 0 spiro atoms. The van der Waals surface area contributed by atoms with Gasteiger partial charge in [-0.15, -0.1) is 0 Å². The highest BCUT2D eigenvalue weighted by Gasteiger charge is 2.17. The standard InChI is InChI=1S/C17H9FIN3O2/c1-20-14-7-2-10(8-13(14)18)15-9-16(17(23)24)22(21-15)12-5-3-11(19)4-6-12/h2-9H,(H,23,24). The molecule has 3 aromatic rings. The van der Waals surface area contributed by atoms with Crippen molar-refractivity contribution in [3.8, 4) is 16.9 Å². The van der Waals surface area contributed by atoms with E-state index >= 15 is 0 Å². The molecule has 0 bridgehead atoms. The fraction of sp³-hybridized carbons (Fsp3) is 0. The number of aromatic nitrogens is 2. The second kappa shape index (κ2) is 6.41. The first-order chi connectivity index (χ1) is 11.5. The third-order valence-electron chi connectivity index (χ3n) is 3.36. The first-order valence-electron chi connectivity index (χ1n) is 6.76. The van der Waals surface area contributed by atoms with Crippen LogP contribution in [0.2, 0.25) is 0 Å². The SMILES string of the molecule is [C-]#[N+]c1ccc(-c2cc(C(=O)O)n(-c3ccc(I)cc3)n2)cc1F. The lowest BCUT2D eigenvalue weighted by atomic mass is 10.1. The van der Waals surface area contributed by atoms with Gasteiger partial charge >= 0.3 is 5.97 Å². The zero-order valence-corrected chi connectivity index (χ0v) is 14.2. The van der Waals surface area contributed by atoms with Crippen molar-refractivity contribution < 1.29 is 14.3 Å². The van der Waals surface area contributed by atoms with Gasteiger partial charge in [0.15, 0.2) is 5.69 Å². The van der Waals surface area contributed by atoms with E-state index in [0.717, 1.165) is 3.57 Å². The molecular formula is C17H9FIN3O2. The highest BCUT2D eigenvalue weighted by molar-refractivity contribution is 14.1. The fourth-order valence-electron chi connectivity index (χ4n) is 2.21. The Morgan fingerprint density at radius 3 is 2.50 bits per heavy atom. The molecule has 1 aromatic heterocycles. The third kappa shape index (κ3) is 3.00. The summed E-state index contributed by atoms with van der Waals surface area (Å²) in [5.41, 5.74) is 1.21. The Bertz CT molecular complexity index is 974. The van der Waals surface area contributed by atoms with Crippen molar-refractivity contribution in [2.75, 3.05) is 0 Å². The molecule has 5 nitrogen and oxygen atoms in total. The second-order valence-corrected chi connectivity index (χ2v) is 6.13. The van der Waals surface area contributed by atoms with Crippen molar-refractivity contribution in [3.63, 3.8) is 0 Å². The summed E-state index contributed by atoms with van der Waals surface area (Å²) in [6, 6.07) is 12.7. The van der Waals surface area contributed by atoms with Crippen LogP contribution in [-0.4, -0.2) is 20.9 Å². The van der Waals surface area contributed by atoms with Crippen LogP contribution < -0.4 is 0 Å². The minimum atomic E-state index is -1.13. The Morgan fingerprint density at radius 2 is 1.92 bits per heavy atom. The van der Waals surface area contributed by atoms with E-state index in [1.807, 2.05) is 12.1 Å². The minimum Gasteiger partial charge on any atom is -0.477 e. The number of carboxylic acids is 1. The predicted molar refractivity (Wildman–Crippen MR) is 94.9 cm³/mol. The van der Waals surface area contributed by atoms with Crippen molar-refractivity contribution in [1.29, 1.82) is 0 Å². The molecule has 0 saturated heterocycles. The van der Waals surface area contributed by atoms with Crippen LogP contribution in [0.15, 0.2) is 48.5 Å². The smallest absolute Gasteiger partial charge is 0.354 e. The van der Waals surface area contributed by atoms with Gasteiger partial charge in [-0.25, -0.2) is 18.7 Å². The average Bonchev–Trinajstić information content (AvgIpc) is 3.01. The van der Waals surface area contributed by atoms with Gasteiger partial charge in [0.25, 0.3) is 0 Å². The number of hydrogen-bond donors (Lipinski definition) is 1. The molecule has 0 amide bonds. The molecule has 0 aliphatic carbocycles. The topological polar surface area (TPSA) is 59.5 Å². The van der Waals surface area contributed by atoms with Gasteiger partial charge in [-0.05, 0) is 59.0 Å². The Hall–Kier alpha value is -2.73. The number of benzene rings is 2. The molecule has 118 valence electrons. The highest BCUT2D eigenvalue weighted by Crippen LogP contribution is 2.27. The molecule has 24 heavy (non-hydrogen) atoms. The minimum absolute atomic E-state index is 0.0270. The van der Waals surface area contributed by atoms with Crippen LogP contribution in [0.5, 0.6) is 0 Å². The van der Waals surface area contributed by atoms with Crippen LogP contribution in [0.25, 0.3) is 21.8 Å². The maximum Gasteiger partial charge on any atom is 0.354 e. The van der Waals surface area contributed by atoms with E-state index in [1.165, 1.54) is 22.9 Å². The summed E-state index contributed by atoms with van der Waals surface area (Å²) in [6.07, 6.45) is 0. The molecule has 0 atom stereocenters. The average molecular weight is 433 g/mol. The first-order valence-corrected chi connectivity index (χ1v) is 7.84. The lowest BCUT2D eigenvalue weighted by Crippen LogP contribution is -2.07. The third-order valence-corrected chi connectivity index (χ3v) is 4.08. The van der Waals surface area contributed by atoms with Crippen LogP contribution >= 0.6 is 22.6 Å². The fourth-order valence-corrected chi connectivity index (χ4v) is 2.57. The molecular weight excluding hydrogens is 424 g/mol. The molecule has 1 heterocycles. The summed E-state index contributed by atoms with van der Waals surface area (Å²) in [5, 5.41) is 13.7. The maximum atomic E-state index is 13.8. The highest BCUT2D eigenvalue weighted by atomic mass is 127. The van der Waals surface area contributed by atoms with Crippen LogP contribution in [0.4, 0.5) is 10.1 Å². The van der Waals surface area contributed by atoms with Gasteiger partial charge in [-0.3, -0.25) is 0 Å². The van der Waals surface area contributed by atoms with Crippen LogP contribution in [0.3, 0.4) is 0 Å². The van der Waals surface area contributed by atoms with Crippen LogP contribution in [0.1, 0.15) is 10.5 Å². The molecule has 0 aliphatic rings. The van der Waals surface area contributed by atoms with Gasteiger partial charge in [-0.1, -0.05) is 12.1 Å². The van der Waals surface area contributed by atoms with Gasteiger partial charge in [0, 0.05) is 9.13 Å². The first kappa shape index (κ1) is 16.1. The van der Waals surface area contributed by atoms with E-state index in [4.69, 9.17) is 6.57 Å². The van der Waals surface area contributed by atoms with Crippen LogP contribution in [0, 0.1) is 16.0 Å². The van der Waals surface area contributed by atoms with Gasteiger partial charge in [0.2, 0.25) is 5.69 Å². The van der Waals surface area contributed by atoms with Gasteiger partial charge in [-0.2, -0.15) is 5.10 Å². The molecule has 3 rings (SSSR count). The molecule has 0 fully saturated rings. The lowest BCUT2D eigenvalue weighted by molar-refractivity contribution is 0.0687. The van der Waals surface area contributed by atoms with Gasteiger partial charge < -0.3 is 5.11 Å². The number of rotatable bonds is 3. The molecule has 0 aliphatic heterocycles. The molecule has 7 heteroatoms. The van der Waals surface area contributed by atoms with Crippen molar-refractivity contribution >= 4 is 34.2 Å². The monoisotopic (exact) mass is 433 g/mol. The number of carbonyl (C=O) groups is 1. The summed E-state index contributed by atoms with van der Waals surface area (Å²) in [5.74, 6) is -1.80. The molecule has 0 saturated carbocycles. The largest absolute Gasteiger partial charge is 0.477 e. The second-order valence-electron chi connectivity index (χ2n) is 4.89. The van der Waals surface area contributed by atoms with Crippen molar-refractivity contribution in [2.24, 2.45) is 0 Å². The molecule has 0 radical (unpaired) electrons. The number of nitrogens with zero attached hydrogens (tertiary/aromatic N) is 3. The zero-order chi connectivity index (χ0) is 17.3. The Labute approximate surface area is 150 Å². The quantitative estimate of drug-likeness (QED) is 0.488. The summed E-state index contributed by atoms with van der Waals surface area (Å²) in [7, 11) is 0. The van der Waals surface area contributed by atoms with Crippen molar-refractivity contribution in [3.05, 3.63) is 75.0 Å². The summed E-state index contributed by atoms with van der Waals surface area (Å²) in [6.45, 7) is 6.87. The van der Waals surface area contributed by atoms with E-state index in [9.17, 15) is 14.3 Å². The lowest BCUT2D eigenvalue weighted by Gasteiger charge is -2.04. The van der Waals surface area contributed by atoms with E-state index in [0.29, 0.717) is 16.9 Å². The van der Waals surface area contributed by atoms with Gasteiger partial charge in [0.05, 0.1) is 18.0 Å². The predicted octanol–water partition coefficient (Wildman–Crippen LogP) is 4.53. The van der Waals surface area contributed by atoms with Crippen molar-refractivity contribution in [2.45, 2.75) is 0 Å². The van der Waals surface area contributed by atoms with E-state index < -0.39 is 11.8 Å². The van der Waals surface area contributed by atoms with Gasteiger partial charge in [0.1, 0.15) is 5.82 Å².